The minimum Gasteiger partial charge on any atom is -0.337 e. The summed E-state index contributed by atoms with van der Waals surface area (Å²) in [4.78, 5) is 26.6. The van der Waals surface area contributed by atoms with Crippen molar-refractivity contribution in [3.63, 3.8) is 0 Å². The number of carbonyl (C=O) groups is 2. The van der Waals surface area contributed by atoms with E-state index < -0.39 is 0 Å². The number of amides is 2. The highest BCUT2D eigenvalue weighted by molar-refractivity contribution is 6.35. The molecule has 0 radical (unpaired) electrons. The maximum Gasteiger partial charge on any atom is 0.255 e. The van der Waals surface area contributed by atoms with Crippen molar-refractivity contribution in [3.05, 3.63) is 63.6 Å². The quantitative estimate of drug-likeness (QED) is 0.768. The highest BCUT2D eigenvalue weighted by atomic mass is 35.5. The molecule has 0 bridgehead atoms. The van der Waals surface area contributed by atoms with Crippen LogP contribution in [0.5, 0.6) is 0 Å². The Hall–Kier alpha value is -1.79. The Labute approximate surface area is 174 Å². The van der Waals surface area contributed by atoms with Crippen LogP contribution >= 0.6 is 35.6 Å². The molecule has 0 aliphatic carbocycles. The lowest BCUT2D eigenvalue weighted by molar-refractivity contribution is 0.0708. The molecule has 2 aromatic carbocycles. The molecule has 3 N–H and O–H groups in total. The van der Waals surface area contributed by atoms with Crippen molar-refractivity contribution in [1.29, 1.82) is 0 Å². The molecule has 0 saturated carbocycles. The topological polar surface area (TPSA) is 75.4 Å². The molecule has 1 fully saturated rings. The average molecular weight is 429 g/mol. The first-order valence-electron chi connectivity index (χ1n) is 8.35. The summed E-state index contributed by atoms with van der Waals surface area (Å²) in [5.74, 6) is -0.366. The first kappa shape index (κ1) is 21.5. The van der Waals surface area contributed by atoms with E-state index in [2.05, 4.69) is 5.32 Å². The number of nitrogens with two attached hydrogens (primary N) is 1. The fourth-order valence-electron chi connectivity index (χ4n) is 2.96. The maximum atomic E-state index is 12.5. The van der Waals surface area contributed by atoms with Crippen LogP contribution in [-0.4, -0.2) is 35.8 Å². The van der Waals surface area contributed by atoms with Gasteiger partial charge in [0, 0.05) is 46.0 Å². The first-order valence-corrected chi connectivity index (χ1v) is 9.10. The van der Waals surface area contributed by atoms with Gasteiger partial charge in [0.2, 0.25) is 0 Å². The van der Waals surface area contributed by atoms with E-state index in [1.807, 2.05) is 0 Å². The van der Waals surface area contributed by atoms with Crippen LogP contribution in [0.4, 0.5) is 5.69 Å². The van der Waals surface area contributed by atoms with Crippen molar-refractivity contribution >= 4 is 53.1 Å². The van der Waals surface area contributed by atoms with Gasteiger partial charge in [-0.3, -0.25) is 9.59 Å². The van der Waals surface area contributed by atoms with Crippen molar-refractivity contribution in [2.75, 3.05) is 18.4 Å². The number of hydrogen-bond donors (Lipinski definition) is 2. The van der Waals surface area contributed by atoms with Crippen LogP contribution in [0, 0.1) is 0 Å². The number of likely N-dealkylation sites (tertiary alicyclic amines) is 1. The van der Waals surface area contributed by atoms with Gasteiger partial charge < -0.3 is 16.0 Å². The second-order valence-electron chi connectivity index (χ2n) is 6.34. The van der Waals surface area contributed by atoms with Gasteiger partial charge in [-0.05, 0) is 55.3 Å². The standard InChI is InChI=1S/C19H19Cl2N3O2.ClH/c20-14-8-13(9-15(21)10-14)18(25)23-17-5-3-12(4-6-17)19(26)24-7-1-2-16(22)11-24;/h3-6,8-10,16H,1-2,7,11,22H2,(H,23,25);1H. The maximum absolute atomic E-state index is 12.5. The Balaban J connectivity index is 0.00000261. The molecule has 1 aliphatic heterocycles. The van der Waals surface area contributed by atoms with Crippen LogP contribution in [0.2, 0.25) is 10.0 Å². The second kappa shape index (κ2) is 9.42. The molecule has 1 aliphatic rings. The molecule has 2 aromatic rings. The van der Waals surface area contributed by atoms with Crippen LogP contribution < -0.4 is 11.1 Å². The highest BCUT2D eigenvalue weighted by Crippen LogP contribution is 2.21. The van der Waals surface area contributed by atoms with Crippen LogP contribution in [0.3, 0.4) is 0 Å². The van der Waals surface area contributed by atoms with E-state index >= 15 is 0 Å². The minimum atomic E-state index is -0.324. The summed E-state index contributed by atoms with van der Waals surface area (Å²) in [5, 5.41) is 3.55. The molecular weight excluding hydrogens is 409 g/mol. The average Bonchev–Trinajstić information content (AvgIpc) is 2.61. The van der Waals surface area contributed by atoms with Crippen molar-refractivity contribution in [1.82, 2.24) is 4.90 Å². The lowest BCUT2D eigenvalue weighted by atomic mass is 10.1. The number of rotatable bonds is 3. The summed E-state index contributed by atoms with van der Waals surface area (Å²) in [7, 11) is 0. The third-order valence-electron chi connectivity index (χ3n) is 4.26. The minimum absolute atomic E-state index is 0. The smallest absolute Gasteiger partial charge is 0.255 e. The fraction of sp³-hybridized carbons (Fsp3) is 0.263. The number of benzene rings is 2. The van der Waals surface area contributed by atoms with Gasteiger partial charge in [0.1, 0.15) is 0 Å². The molecule has 27 heavy (non-hydrogen) atoms. The lowest BCUT2D eigenvalue weighted by Gasteiger charge is -2.30. The number of piperidine rings is 1. The lowest BCUT2D eigenvalue weighted by Crippen LogP contribution is -2.45. The normalized spacial score (nSPS) is 16.4. The van der Waals surface area contributed by atoms with Gasteiger partial charge in [-0.15, -0.1) is 12.4 Å². The van der Waals surface area contributed by atoms with E-state index in [9.17, 15) is 9.59 Å². The number of halogens is 3. The summed E-state index contributed by atoms with van der Waals surface area (Å²) >= 11 is 11.8. The van der Waals surface area contributed by atoms with Crippen LogP contribution in [0.25, 0.3) is 0 Å². The monoisotopic (exact) mass is 427 g/mol. The summed E-state index contributed by atoms with van der Waals surface area (Å²) in [6, 6.07) is 11.5. The molecule has 0 spiro atoms. The second-order valence-corrected chi connectivity index (χ2v) is 7.22. The van der Waals surface area contributed by atoms with Gasteiger partial charge in [-0.1, -0.05) is 23.2 Å². The van der Waals surface area contributed by atoms with E-state index in [0.717, 1.165) is 19.4 Å². The predicted molar refractivity (Wildman–Crippen MR) is 111 cm³/mol. The zero-order chi connectivity index (χ0) is 18.7. The molecule has 0 aromatic heterocycles. The molecule has 1 heterocycles. The zero-order valence-corrected chi connectivity index (χ0v) is 16.8. The van der Waals surface area contributed by atoms with Crippen molar-refractivity contribution in [2.45, 2.75) is 18.9 Å². The molecular formula is C19H20Cl3N3O2. The van der Waals surface area contributed by atoms with Gasteiger partial charge in [0.15, 0.2) is 0 Å². The number of nitrogens with one attached hydrogen (secondary N) is 1. The zero-order valence-electron chi connectivity index (χ0n) is 14.5. The van der Waals surface area contributed by atoms with Crippen LogP contribution in [-0.2, 0) is 0 Å². The fourth-order valence-corrected chi connectivity index (χ4v) is 3.49. The largest absolute Gasteiger partial charge is 0.337 e. The molecule has 5 nitrogen and oxygen atoms in total. The van der Waals surface area contributed by atoms with Crippen LogP contribution in [0.1, 0.15) is 33.6 Å². The predicted octanol–water partition coefficient (Wildman–Crippen LogP) is 4.23. The molecule has 3 rings (SSSR count). The van der Waals surface area contributed by atoms with Gasteiger partial charge in [-0.25, -0.2) is 0 Å². The molecule has 1 unspecified atom stereocenters. The Morgan fingerprint density at radius 2 is 1.67 bits per heavy atom. The van der Waals surface area contributed by atoms with Crippen molar-refractivity contribution in [3.8, 4) is 0 Å². The van der Waals surface area contributed by atoms with Crippen molar-refractivity contribution < 1.29 is 9.59 Å². The van der Waals surface area contributed by atoms with Gasteiger partial charge in [-0.2, -0.15) is 0 Å². The molecule has 8 heteroatoms. The SMILES string of the molecule is Cl.NC1CCCN(C(=O)c2ccc(NC(=O)c3cc(Cl)cc(Cl)c3)cc2)C1. The first-order chi connectivity index (χ1) is 12.4. The van der Waals surface area contributed by atoms with Crippen LogP contribution in [0.15, 0.2) is 42.5 Å². The third-order valence-corrected chi connectivity index (χ3v) is 4.70. The summed E-state index contributed by atoms with van der Waals surface area (Å²) in [5.41, 5.74) is 7.46. The van der Waals surface area contributed by atoms with E-state index in [4.69, 9.17) is 28.9 Å². The summed E-state index contributed by atoms with van der Waals surface area (Å²) in [6.07, 6.45) is 1.87. The molecule has 144 valence electrons. The molecule has 1 atom stereocenters. The van der Waals surface area contributed by atoms with Gasteiger partial charge in [0.05, 0.1) is 0 Å². The summed E-state index contributed by atoms with van der Waals surface area (Å²) < 4.78 is 0. The number of nitrogens with zero attached hydrogens (tertiary/aromatic N) is 1. The van der Waals surface area contributed by atoms with E-state index in [-0.39, 0.29) is 30.3 Å². The van der Waals surface area contributed by atoms with Gasteiger partial charge in [0.25, 0.3) is 11.8 Å². The Morgan fingerprint density at radius 3 is 2.26 bits per heavy atom. The Bertz CT molecular complexity index is 807. The van der Waals surface area contributed by atoms with E-state index in [0.29, 0.717) is 33.4 Å². The summed E-state index contributed by atoms with van der Waals surface area (Å²) in [6.45, 7) is 1.30. The number of carbonyl (C=O) groups excluding carboxylic acids is 2. The molecule has 2 amide bonds. The van der Waals surface area contributed by atoms with E-state index in [1.165, 1.54) is 0 Å². The van der Waals surface area contributed by atoms with Crippen molar-refractivity contribution in [2.24, 2.45) is 5.73 Å². The highest BCUT2D eigenvalue weighted by Gasteiger charge is 2.22. The number of anilines is 1. The Morgan fingerprint density at radius 1 is 1.04 bits per heavy atom. The van der Waals surface area contributed by atoms with E-state index in [1.54, 1.807) is 47.4 Å². The van der Waals surface area contributed by atoms with Gasteiger partial charge >= 0.3 is 0 Å². The molecule has 1 saturated heterocycles. The third kappa shape index (κ3) is 5.59. The Kier molecular flexibility index (Phi) is 7.50. The number of hydrogen-bond acceptors (Lipinski definition) is 3.